The van der Waals surface area contributed by atoms with Gasteiger partial charge in [0.05, 0.1) is 25.4 Å². The Morgan fingerprint density at radius 2 is 2.18 bits per heavy atom. The van der Waals surface area contributed by atoms with Gasteiger partial charge < -0.3 is 19.9 Å². The number of aliphatic hydroxyl groups excluding tert-OH is 1. The molecule has 22 heavy (non-hydrogen) atoms. The number of methoxy groups -OCH3 is 1. The lowest BCUT2D eigenvalue weighted by Crippen LogP contribution is -2.49. The van der Waals surface area contributed by atoms with Crippen LogP contribution in [0.1, 0.15) is 32.1 Å². The Kier molecular flexibility index (Phi) is 5.33. The standard InChI is InChI=1S/C16H28N2O4/c1-21-9-12-6-3-7-18(12)8-14-15(19)13(10-22-14)17-16(20)11-4-2-5-11/h11-15,19H,2-10H2,1H3,(H,17,20). The van der Waals surface area contributed by atoms with Crippen LogP contribution in [0.2, 0.25) is 0 Å². The van der Waals surface area contributed by atoms with Gasteiger partial charge in [0.2, 0.25) is 5.91 Å². The van der Waals surface area contributed by atoms with Gasteiger partial charge in [-0.3, -0.25) is 9.69 Å². The number of carbonyl (C=O) groups excluding carboxylic acids is 1. The van der Waals surface area contributed by atoms with Gasteiger partial charge in [0.15, 0.2) is 0 Å². The molecule has 1 saturated carbocycles. The number of likely N-dealkylation sites (tertiary alicyclic amines) is 1. The van der Waals surface area contributed by atoms with Gasteiger partial charge in [0.1, 0.15) is 6.10 Å². The Morgan fingerprint density at radius 3 is 2.86 bits per heavy atom. The van der Waals surface area contributed by atoms with E-state index in [-0.39, 0.29) is 24.0 Å². The van der Waals surface area contributed by atoms with Crippen LogP contribution in [0.4, 0.5) is 0 Å². The molecule has 2 N–H and O–H groups in total. The molecule has 6 nitrogen and oxygen atoms in total. The molecular formula is C16H28N2O4. The molecule has 0 aromatic carbocycles. The van der Waals surface area contributed by atoms with Crippen LogP contribution in [0.5, 0.6) is 0 Å². The maximum atomic E-state index is 12.0. The van der Waals surface area contributed by atoms with E-state index in [9.17, 15) is 9.90 Å². The Bertz CT molecular complexity index is 388. The number of carbonyl (C=O) groups is 1. The predicted octanol–water partition coefficient (Wildman–Crippen LogP) is 0.142. The minimum Gasteiger partial charge on any atom is -0.388 e. The van der Waals surface area contributed by atoms with Crippen LogP contribution in [-0.4, -0.2) is 73.6 Å². The molecule has 3 rings (SSSR count). The molecular weight excluding hydrogens is 284 g/mol. The van der Waals surface area contributed by atoms with Crippen LogP contribution in [0, 0.1) is 5.92 Å². The summed E-state index contributed by atoms with van der Waals surface area (Å²) in [6, 6.07) is 0.158. The van der Waals surface area contributed by atoms with E-state index in [1.165, 1.54) is 6.42 Å². The third-order valence-electron chi connectivity index (χ3n) is 5.36. The van der Waals surface area contributed by atoms with Crippen molar-refractivity contribution in [1.82, 2.24) is 10.2 Å². The molecule has 2 aliphatic heterocycles. The van der Waals surface area contributed by atoms with E-state index in [0.717, 1.165) is 38.8 Å². The first-order valence-electron chi connectivity index (χ1n) is 8.52. The maximum absolute atomic E-state index is 12.0. The molecule has 6 heteroatoms. The van der Waals surface area contributed by atoms with Crippen molar-refractivity contribution < 1.29 is 19.4 Å². The first kappa shape index (κ1) is 16.2. The molecule has 3 fully saturated rings. The molecule has 126 valence electrons. The zero-order valence-corrected chi connectivity index (χ0v) is 13.4. The number of aliphatic hydroxyl groups is 1. The van der Waals surface area contributed by atoms with Gasteiger partial charge in [0.25, 0.3) is 0 Å². The highest BCUT2D eigenvalue weighted by molar-refractivity contribution is 5.79. The van der Waals surface area contributed by atoms with Crippen molar-refractivity contribution in [2.75, 3.05) is 33.4 Å². The second-order valence-corrected chi connectivity index (χ2v) is 6.85. The zero-order chi connectivity index (χ0) is 15.5. The normalized spacial score (nSPS) is 36.5. The second-order valence-electron chi connectivity index (χ2n) is 6.85. The molecule has 0 bridgehead atoms. The number of hydrogen-bond donors (Lipinski definition) is 2. The van der Waals surface area contributed by atoms with E-state index in [4.69, 9.17) is 9.47 Å². The molecule has 0 aromatic heterocycles. The number of hydrogen-bond acceptors (Lipinski definition) is 5. The van der Waals surface area contributed by atoms with Crippen LogP contribution in [0.15, 0.2) is 0 Å². The van der Waals surface area contributed by atoms with Crippen LogP contribution < -0.4 is 5.32 Å². The highest BCUT2D eigenvalue weighted by Crippen LogP contribution is 2.27. The first-order chi connectivity index (χ1) is 10.7. The maximum Gasteiger partial charge on any atom is 0.223 e. The van der Waals surface area contributed by atoms with E-state index >= 15 is 0 Å². The van der Waals surface area contributed by atoms with Gasteiger partial charge in [-0.05, 0) is 32.2 Å². The Labute approximate surface area is 132 Å². The fraction of sp³-hybridized carbons (Fsp3) is 0.938. The largest absolute Gasteiger partial charge is 0.388 e. The van der Waals surface area contributed by atoms with E-state index < -0.39 is 6.10 Å². The monoisotopic (exact) mass is 312 g/mol. The van der Waals surface area contributed by atoms with Crippen molar-refractivity contribution in [3.63, 3.8) is 0 Å². The van der Waals surface area contributed by atoms with Crippen molar-refractivity contribution in [3.05, 3.63) is 0 Å². The molecule has 1 aliphatic carbocycles. The summed E-state index contributed by atoms with van der Waals surface area (Å²) < 4.78 is 11.0. The summed E-state index contributed by atoms with van der Waals surface area (Å²) in [6.07, 6.45) is 4.56. The van der Waals surface area contributed by atoms with Crippen LogP contribution >= 0.6 is 0 Å². The lowest BCUT2D eigenvalue weighted by molar-refractivity contribution is -0.128. The Hall–Kier alpha value is -0.690. The van der Waals surface area contributed by atoms with Crippen molar-refractivity contribution in [2.24, 2.45) is 5.92 Å². The quantitative estimate of drug-likeness (QED) is 0.730. The Balaban J connectivity index is 1.48. The van der Waals surface area contributed by atoms with Gasteiger partial charge in [-0.15, -0.1) is 0 Å². The third kappa shape index (κ3) is 3.45. The fourth-order valence-electron chi connectivity index (χ4n) is 3.69. The zero-order valence-electron chi connectivity index (χ0n) is 13.4. The Morgan fingerprint density at radius 1 is 1.36 bits per heavy atom. The summed E-state index contributed by atoms with van der Waals surface area (Å²) in [5.41, 5.74) is 0. The van der Waals surface area contributed by atoms with Gasteiger partial charge in [-0.2, -0.15) is 0 Å². The summed E-state index contributed by atoms with van der Waals surface area (Å²) >= 11 is 0. The molecule has 1 amide bonds. The van der Waals surface area contributed by atoms with Crippen LogP contribution in [-0.2, 0) is 14.3 Å². The number of amides is 1. The lowest BCUT2D eigenvalue weighted by atomic mass is 9.84. The minimum absolute atomic E-state index is 0.0815. The summed E-state index contributed by atoms with van der Waals surface area (Å²) in [5, 5.41) is 13.4. The second kappa shape index (κ2) is 7.25. The topological polar surface area (TPSA) is 71.0 Å². The molecule has 4 atom stereocenters. The smallest absolute Gasteiger partial charge is 0.223 e. The molecule has 0 radical (unpaired) electrons. The molecule has 0 aromatic rings. The van der Waals surface area contributed by atoms with Crippen LogP contribution in [0.3, 0.4) is 0 Å². The summed E-state index contributed by atoms with van der Waals surface area (Å²) in [6.45, 7) is 2.88. The van der Waals surface area contributed by atoms with Gasteiger partial charge in [-0.25, -0.2) is 0 Å². The van der Waals surface area contributed by atoms with E-state index in [2.05, 4.69) is 10.2 Å². The summed E-state index contributed by atoms with van der Waals surface area (Å²) in [5.74, 6) is 0.230. The number of rotatable bonds is 6. The lowest BCUT2D eigenvalue weighted by Gasteiger charge is -2.29. The van der Waals surface area contributed by atoms with Crippen molar-refractivity contribution in [1.29, 1.82) is 0 Å². The van der Waals surface area contributed by atoms with Gasteiger partial charge in [0, 0.05) is 25.6 Å². The number of ether oxygens (including phenoxy) is 2. The average molecular weight is 312 g/mol. The minimum atomic E-state index is -0.618. The van der Waals surface area contributed by atoms with E-state index in [1.54, 1.807) is 7.11 Å². The predicted molar refractivity (Wildman–Crippen MR) is 81.5 cm³/mol. The highest BCUT2D eigenvalue weighted by atomic mass is 16.5. The van der Waals surface area contributed by atoms with Gasteiger partial charge >= 0.3 is 0 Å². The third-order valence-corrected chi connectivity index (χ3v) is 5.36. The van der Waals surface area contributed by atoms with Crippen molar-refractivity contribution >= 4 is 5.91 Å². The molecule has 0 spiro atoms. The average Bonchev–Trinajstić information content (AvgIpc) is 2.99. The molecule has 2 heterocycles. The van der Waals surface area contributed by atoms with Crippen molar-refractivity contribution in [2.45, 2.75) is 56.4 Å². The molecule has 2 saturated heterocycles. The van der Waals surface area contributed by atoms with E-state index in [1.807, 2.05) is 0 Å². The number of nitrogens with one attached hydrogen (secondary N) is 1. The van der Waals surface area contributed by atoms with Crippen LogP contribution in [0.25, 0.3) is 0 Å². The fourth-order valence-corrected chi connectivity index (χ4v) is 3.69. The van der Waals surface area contributed by atoms with Gasteiger partial charge in [-0.1, -0.05) is 6.42 Å². The summed E-state index contributed by atoms with van der Waals surface area (Å²) in [7, 11) is 1.73. The molecule has 3 aliphatic rings. The SMILES string of the molecule is COCC1CCCN1CC1OCC(NC(=O)C2CCC2)C1O. The highest BCUT2D eigenvalue weighted by Gasteiger charge is 2.40. The van der Waals surface area contributed by atoms with E-state index in [0.29, 0.717) is 19.2 Å². The first-order valence-corrected chi connectivity index (χ1v) is 8.52. The molecule has 4 unspecified atom stereocenters. The summed E-state index contributed by atoms with van der Waals surface area (Å²) in [4.78, 5) is 14.4. The van der Waals surface area contributed by atoms with Crippen molar-refractivity contribution in [3.8, 4) is 0 Å². The number of nitrogens with zero attached hydrogens (tertiary/aromatic N) is 1.